The molecule has 0 fully saturated rings. The van der Waals surface area contributed by atoms with Crippen LogP contribution >= 0.6 is 23.3 Å². The Balaban J connectivity index is 2.33. The molecule has 0 amide bonds. The predicted molar refractivity (Wildman–Crippen MR) is 57.4 cm³/mol. The van der Waals surface area contributed by atoms with Crippen LogP contribution in [0.15, 0.2) is 17.8 Å². The Hall–Kier alpha value is -0.810. The Morgan fingerprint density at radius 3 is 3.23 bits per heavy atom. The maximum atomic E-state index is 4.39. The van der Waals surface area contributed by atoms with Crippen molar-refractivity contribution in [3.8, 4) is 0 Å². The van der Waals surface area contributed by atoms with Crippen molar-refractivity contribution in [1.82, 2.24) is 14.3 Å². The molecule has 0 aromatic carbocycles. The third kappa shape index (κ3) is 1.62. The Bertz CT molecular complexity index is 429. The number of thioether (sulfide) groups is 1. The minimum absolute atomic E-state index is 0.882. The van der Waals surface area contributed by atoms with Crippen molar-refractivity contribution < 1.29 is 0 Å². The molecule has 0 radical (unpaired) electrons. The molecule has 3 nitrogen and oxygen atoms in total. The molecule has 0 saturated carbocycles. The fraction of sp³-hybridized carbons (Fsp3) is 0.250. The first-order valence-corrected chi connectivity index (χ1v) is 5.63. The van der Waals surface area contributed by atoms with E-state index in [4.69, 9.17) is 0 Å². The summed E-state index contributed by atoms with van der Waals surface area (Å²) in [5, 5.41) is 0.951. The molecule has 2 heterocycles. The first kappa shape index (κ1) is 8.77. The molecule has 5 heteroatoms. The summed E-state index contributed by atoms with van der Waals surface area (Å²) in [6.07, 6.45) is 1.87. The lowest BCUT2D eigenvalue weighted by molar-refractivity contribution is 1.08. The number of nitrogens with one attached hydrogen (secondary N) is 1. The van der Waals surface area contributed by atoms with Gasteiger partial charge in [-0.3, -0.25) is 0 Å². The number of aryl methyl sites for hydroxylation is 1. The van der Waals surface area contributed by atoms with Gasteiger partial charge in [-0.1, -0.05) is 17.8 Å². The summed E-state index contributed by atoms with van der Waals surface area (Å²) in [5.41, 5.74) is 2.09. The number of aromatic amines is 1. The molecule has 2 aromatic rings. The zero-order valence-corrected chi connectivity index (χ0v) is 8.84. The van der Waals surface area contributed by atoms with Gasteiger partial charge in [0, 0.05) is 5.75 Å². The summed E-state index contributed by atoms with van der Waals surface area (Å²) < 4.78 is 4.20. The fourth-order valence-electron chi connectivity index (χ4n) is 1.01. The highest BCUT2D eigenvalue weighted by molar-refractivity contribution is 7.99. The molecule has 0 bridgehead atoms. The fourth-order valence-corrected chi connectivity index (χ4v) is 2.41. The van der Waals surface area contributed by atoms with E-state index in [2.05, 4.69) is 20.9 Å². The van der Waals surface area contributed by atoms with Gasteiger partial charge in [-0.25, -0.2) is 4.98 Å². The van der Waals surface area contributed by atoms with Gasteiger partial charge in [0.1, 0.15) is 5.52 Å². The normalized spacial score (nSPS) is 10.8. The van der Waals surface area contributed by atoms with E-state index in [1.807, 2.05) is 13.0 Å². The monoisotopic (exact) mass is 211 g/mol. The summed E-state index contributed by atoms with van der Waals surface area (Å²) in [6, 6.07) is 0. The van der Waals surface area contributed by atoms with Crippen molar-refractivity contribution in [1.29, 1.82) is 0 Å². The van der Waals surface area contributed by atoms with E-state index in [1.165, 1.54) is 11.5 Å². The van der Waals surface area contributed by atoms with Crippen molar-refractivity contribution in [3.05, 3.63) is 18.3 Å². The Morgan fingerprint density at radius 2 is 2.54 bits per heavy atom. The Kier molecular flexibility index (Phi) is 2.37. The third-order valence-corrected chi connectivity index (χ3v) is 3.32. The zero-order chi connectivity index (χ0) is 9.26. The summed E-state index contributed by atoms with van der Waals surface area (Å²) in [6.45, 7) is 5.65. The standard InChI is InChI=1S/C8H9N3S2/c1-3-4-12-8-9-6-5(2)11-13-7(6)10-8/h3H,1,4H2,2H3,(H,9,10). The summed E-state index contributed by atoms with van der Waals surface area (Å²) in [5.74, 6) is 0.882. The van der Waals surface area contributed by atoms with Gasteiger partial charge in [0.25, 0.3) is 0 Å². The van der Waals surface area contributed by atoms with Crippen molar-refractivity contribution >= 4 is 33.6 Å². The SMILES string of the molecule is C=CCSc1nc2snc(C)c2[nH]1. The van der Waals surface area contributed by atoms with E-state index in [-0.39, 0.29) is 0 Å². The largest absolute Gasteiger partial charge is 0.331 e. The van der Waals surface area contributed by atoms with Crippen LogP contribution in [0.5, 0.6) is 0 Å². The van der Waals surface area contributed by atoms with Gasteiger partial charge in [-0.05, 0) is 18.5 Å². The van der Waals surface area contributed by atoms with E-state index in [1.54, 1.807) is 11.8 Å². The topological polar surface area (TPSA) is 41.6 Å². The van der Waals surface area contributed by atoms with E-state index >= 15 is 0 Å². The second-order valence-corrected chi connectivity index (χ2v) is 4.35. The van der Waals surface area contributed by atoms with Crippen LogP contribution in [0, 0.1) is 6.92 Å². The van der Waals surface area contributed by atoms with Crippen LogP contribution < -0.4 is 0 Å². The third-order valence-electron chi connectivity index (χ3n) is 1.62. The maximum absolute atomic E-state index is 4.39. The van der Waals surface area contributed by atoms with Gasteiger partial charge in [-0.15, -0.1) is 6.58 Å². The maximum Gasteiger partial charge on any atom is 0.167 e. The minimum Gasteiger partial charge on any atom is -0.331 e. The van der Waals surface area contributed by atoms with Crippen LogP contribution in [0.25, 0.3) is 10.3 Å². The number of fused-ring (bicyclic) bond motifs is 1. The number of aromatic nitrogens is 3. The molecule has 0 spiro atoms. The second-order valence-electron chi connectivity index (χ2n) is 2.59. The molecule has 13 heavy (non-hydrogen) atoms. The van der Waals surface area contributed by atoms with Crippen LogP contribution in [0.3, 0.4) is 0 Å². The van der Waals surface area contributed by atoms with Gasteiger partial charge in [0.15, 0.2) is 9.99 Å². The van der Waals surface area contributed by atoms with E-state index in [0.717, 1.165) is 27.0 Å². The zero-order valence-electron chi connectivity index (χ0n) is 7.20. The Labute approximate surface area is 84.4 Å². The number of nitrogens with zero attached hydrogens (tertiary/aromatic N) is 2. The lowest BCUT2D eigenvalue weighted by Gasteiger charge is -1.88. The first-order chi connectivity index (χ1) is 6.31. The molecule has 2 aromatic heterocycles. The van der Waals surface area contributed by atoms with Gasteiger partial charge in [-0.2, -0.15) is 4.37 Å². The van der Waals surface area contributed by atoms with Crippen LogP contribution in [-0.2, 0) is 0 Å². The first-order valence-electron chi connectivity index (χ1n) is 3.87. The molecule has 1 N–H and O–H groups in total. The lowest BCUT2D eigenvalue weighted by Crippen LogP contribution is -1.76. The molecule has 0 aliphatic rings. The van der Waals surface area contributed by atoms with E-state index in [9.17, 15) is 0 Å². The summed E-state index contributed by atoms with van der Waals surface area (Å²) in [7, 11) is 0. The van der Waals surface area contributed by atoms with Crippen molar-refractivity contribution in [3.63, 3.8) is 0 Å². The molecule has 0 atom stereocenters. The second kappa shape index (κ2) is 3.51. The van der Waals surface area contributed by atoms with Crippen LogP contribution in [0.4, 0.5) is 0 Å². The lowest BCUT2D eigenvalue weighted by atomic mass is 10.4. The molecule has 0 saturated heterocycles. The highest BCUT2D eigenvalue weighted by Gasteiger charge is 2.07. The minimum atomic E-state index is 0.882. The number of H-pyrrole nitrogens is 1. The van der Waals surface area contributed by atoms with Gasteiger partial charge in [0.05, 0.1) is 5.69 Å². The highest BCUT2D eigenvalue weighted by atomic mass is 32.2. The predicted octanol–water partition coefficient (Wildman–Crippen LogP) is 2.61. The van der Waals surface area contributed by atoms with Crippen LogP contribution in [0.2, 0.25) is 0 Å². The molecule has 0 aliphatic heterocycles. The van der Waals surface area contributed by atoms with Gasteiger partial charge >= 0.3 is 0 Å². The smallest absolute Gasteiger partial charge is 0.167 e. The van der Waals surface area contributed by atoms with Crippen LogP contribution in [-0.4, -0.2) is 20.1 Å². The summed E-state index contributed by atoms with van der Waals surface area (Å²) >= 11 is 3.09. The van der Waals surface area contributed by atoms with E-state index in [0.29, 0.717) is 0 Å². The van der Waals surface area contributed by atoms with Gasteiger partial charge < -0.3 is 4.98 Å². The number of hydrogen-bond acceptors (Lipinski definition) is 4. The number of imidazole rings is 1. The molecule has 0 unspecified atom stereocenters. The number of rotatable bonds is 3. The van der Waals surface area contributed by atoms with Crippen molar-refractivity contribution in [2.24, 2.45) is 0 Å². The van der Waals surface area contributed by atoms with Crippen LogP contribution in [0.1, 0.15) is 5.69 Å². The molecular weight excluding hydrogens is 202 g/mol. The molecule has 68 valence electrons. The van der Waals surface area contributed by atoms with Crippen molar-refractivity contribution in [2.75, 3.05) is 5.75 Å². The van der Waals surface area contributed by atoms with Gasteiger partial charge in [0.2, 0.25) is 0 Å². The summed E-state index contributed by atoms with van der Waals surface area (Å²) in [4.78, 5) is 8.61. The van der Waals surface area contributed by atoms with E-state index < -0.39 is 0 Å². The number of hydrogen-bond donors (Lipinski definition) is 1. The quantitative estimate of drug-likeness (QED) is 0.626. The average Bonchev–Trinajstić information content (AvgIpc) is 2.65. The molecule has 0 aliphatic carbocycles. The Morgan fingerprint density at radius 1 is 1.69 bits per heavy atom. The average molecular weight is 211 g/mol. The van der Waals surface area contributed by atoms with Crippen molar-refractivity contribution in [2.45, 2.75) is 12.1 Å². The molecule has 2 rings (SSSR count). The molecular formula is C8H9N3S2. The highest BCUT2D eigenvalue weighted by Crippen LogP contribution is 2.23.